The summed E-state index contributed by atoms with van der Waals surface area (Å²) in [4.78, 5) is 0. The van der Waals surface area contributed by atoms with Gasteiger partial charge in [-0.3, -0.25) is 4.68 Å². The van der Waals surface area contributed by atoms with E-state index in [0.29, 0.717) is 24.0 Å². The maximum absolute atomic E-state index is 13.1. The van der Waals surface area contributed by atoms with Crippen LogP contribution in [-0.4, -0.2) is 9.78 Å². The number of ether oxygens (including phenoxy) is 1. The molecule has 0 aliphatic heterocycles. The molecule has 5 heteroatoms. The van der Waals surface area contributed by atoms with Gasteiger partial charge in [0.05, 0.1) is 17.6 Å². The lowest BCUT2D eigenvalue weighted by Crippen LogP contribution is -2.08. The van der Waals surface area contributed by atoms with Gasteiger partial charge in [-0.1, -0.05) is 13.8 Å². The van der Waals surface area contributed by atoms with Crippen molar-refractivity contribution in [2.45, 2.75) is 45.2 Å². The van der Waals surface area contributed by atoms with Crippen molar-refractivity contribution in [1.29, 1.82) is 0 Å². The molecule has 2 rings (SSSR count). The molecular weight excluding hydrogens is 291 g/mol. The number of nitrogens with zero attached hydrogens (tertiary/aromatic N) is 2. The van der Waals surface area contributed by atoms with Crippen molar-refractivity contribution in [2.24, 2.45) is 0 Å². The highest BCUT2D eigenvalue weighted by molar-refractivity contribution is 6.17. The SMILES string of the molecule is CCC(CC)n1ccc(COc2ccc(F)cc2CCl)n1. The smallest absolute Gasteiger partial charge is 0.132 e. The first-order valence-electron chi connectivity index (χ1n) is 7.19. The Bertz CT molecular complexity index is 581. The fourth-order valence-electron chi connectivity index (χ4n) is 2.27. The molecule has 1 aromatic carbocycles. The van der Waals surface area contributed by atoms with Crippen molar-refractivity contribution in [3.8, 4) is 5.75 Å². The maximum Gasteiger partial charge on any atom is 0.132 e. The monoisotopic (exact) mass is 310 g/mol. The van der Waals surface area contributed by atoms with Crippen LogP contribution < -0.4 is 4.74 Å². The van der Waals surface area contributed by atoms with Gasteiger partial charge in [0.1, 0.15) is 18.2 Å². The van der Waals surface area contributed by atoms with Crippen LogP contribution in [0.5, 0.6) is 5.75 Å². The van der Waals surface area contributed by atoms with E-state index >= 15 is 0 Å². The molecule has 0 fully saturated rings. The second-order valence-corrected chi connectivity index (χ2v) is 5.20. The zero-order valence-electron chi connectivity index (χ0n) is 12.4. The van der Waals surface area contributed by atoms with E-state index in [1.807, 2.05) is 16.9 Å². The van der Waals surface area contributed by atoms with Gasteiger partial charge in [-0.25, -0.2) is 4.39 Å². The molecule has 3 nitrogen and oxygen atoms in total. The topological polar surface area (TPSA) is 27.1 Å². The number of alkyl halides is 1. The Morgan fingerprint density at radius 2 is 2.05 bits per heavy atom. The molecule has 0 atom stereocenters. The van der Waals surface area contributed by atoms with Crippen LogP contribution in [0.2, 0.25) is 0 Å². The quantitative estimate of drug-likeness (QED) is 0.693. The third-order valence-corrected chi connectivity index (χ3v) is 3.81. The minimum Gasteiger partial charge on any atom is -0.487 e. The summed E-state index contributed by atoms with van der Waals surface area (Å²) in [6.07, 6.45) is 4.07. The number of hydrogen-bond acceptors (Lipinski definition) is 2. The number of rotatable bonds is 7. The molecule has 0 saturated heterocycles. The zero-order valence-corrected chi connectivity index (χ0v) is 13.1. The lowest BCUT2D eigenvalue weighted by molar-refractivity contribution is 0.294. The predicted octanol–water partition coefficient (Wildman–Crippen LogP) is 4.70. The maximum atomic E-state index is 13.1. The van der Waals surface area contributed by atoms with Crippen molar-refractivity contribution in [3.05, 3.63) is 47.5 Å². The Balaban J connectivity index is 2.03. The van der Waals surface area contributed by atoms with Crippen LogP contribution in [0.1, 0.15) is 44.0 Å². The first-order chi connectivity index (χ1) is 10.2. The molecule has 0 spiro atoms. The predicted molar refractivity (Wildman–Crippen MR) is 82.1 cm³/mol. The molecular formula is C16H20ClFN2O. The van der Waals surface area contributed by atoms with Gasteiger partial charge in [-0.2, -0.15) is 5.10 Å². The van der Waals surface area contributed by atoms with Crippen LogP contribution in [0.3, 0.4) is 0 Å². The molecule has 0 bridgehead atoms. The highest BCUT2D eigenvalue weighted by Gasteiger charge is 2.09. The summed E-state index contributed by atoms with van der Waals surface area (Å²) in [5.74, 6) is 0.509. The Hall–Kier alpha value is -1.55. The number of benzene rings is 1. The van der Waals surface area contributed by atoms with Crippen molar-refractivity contribution in [3.63, 3.8) is 0 Å². The van der Waals surface area contributed by atoms with Gasteiger partial charge in [-0.05, 0) is 37.1 Å². The van der Waals surface area contributed by atoms with Gasteiger partial charge < -0.3 is 4.74 Å². The summed E-state index contributed by atoms with van der Waals surface area (Å²) in [5.41, 5.74) is 1.50. The Morgan fingerprint density at radius 3 is 2.71 bits per heavy atom. The van der Waals surface area contributed by atoms with E-state index in [-0.39, 0.29) is 11.7 Å². The molecule has 1 heterocycles. The molecule has 0 amide bonds. The van der Waals surface area contributed by atoms with Crippen LogP contribution in [-0.2, 0) is 12.5 Å². The molecule has 0 unspecified atom stereocenters. The summed E-state index contributed by atoms with van der Waals surface area (Å²) in [5, 5.41) is 4.52. The van der Waals surface area contributed by atoms with Gasteiger partial charge >= 0.3 is 0 Å². The largest absolute Gasteiger partial charge is 0.487 e. The van der Waals surface area contributed by atoms with E-state index in [1.165, 1.54) is 12.1 Å². The van der Waals surface area contributed by atoms with E-state index in [2.05, 4.69) is 18.9 Å². The number of halogens is 2. The summed E-state index contributed by atoms with van der Waals surface area (Å²) in [7, 11) is 0. The Labute approximate surface area is 129 Å². The zero-order chi connectivity index (χ0) is 15.2. The normalized spacial score (nSPS) is 11.1. The first-order valence-corrected chi connectivity index (χ1v) is 7.72. The third-order valence-electron chi connectivity index (χ3n) is 3.52. The highest BCUT2D eigenvalue weighted by Crippen LogP contribution is 2.22. The molecule has 0 radical (unpaired) electrons. The van der Waals surface area contributed by atoms with Gasteiger partial charge in [0, 0.05) is 11.8 Å². The van der Waals surface area contributed by atoms with Gasteiger partial charge in [-0.15, -0.1) is 11.6 Å². The van der Waals surface area contributed by atoms with Crippen LogP contribution >= 0.6 is 11.6 Å². The fraction of sp³-hybridized carbons (Fsp3) is 0.438. The average molecular weight is 311 g/mol. The van der Waals surface area contributed by atoms with Crippen LogP contribution in [0, 0.1) is 5.82 Å². The average Bonchev–Trinajstić information content (AvgIpc) is 2.96. The molecule has 0 aliphatic rings. The van der Waals surface area contributed by atoms with E-state index in [9.17, 15) is 4.39 Å². The molecule has 0 saturated carbocycles. The molecule has 114 valence electrons. The van der Waals surface area contributed by atoms with Gasteiger partial charge in [0.15, 0.2) is 0 Å². The fourth-order valence-corrected chi connectivity index (χ4v) is 2.47. The van der Waals surface area contributed by atoms with Crippen LogP contribution in [0.4, 0.5) is 4.39 Å². The van der Waals surface area contributed by atoms with Crippen molar-refractivity contribution < 1.29 is 9.13 Å². The van der Waals surface area contributed by atoms with Crippen molar-refractivity contribution >= 4 is 11.6 Å². The summed E-state index contributed by atoms with van der Waals surface area (Å²) in [6.45, 7) is 4.65. The van der Waals surface area contributed by atoms with E-state index in [1.54, 1.807) is 6.07 Å². The Morgan fingerprint density at radius 1 is 1.29 bits per heavy atom. The second-order valence-electron chi connectivity index (χ2n) is 4.93. The molecule has 21 heavy (non-hydrogen) atoms. The summed E-state index contributed by atoms with van der Waals surface area (Å²) < 4.78 is 20.8. The number of aromatic nitrogens is 2. The second kappa shape index (κ2) is 7.46. The Kier molecular flexibility index (Phi) is 5.62. The van der Waals surface area contributed by atoms with Gasteiger partial charge in [0.25, 0.3) is 0 Å². The minimum atomic E-state index is -0.309. The molecule has 0 aliphatic carbocycles. The molecule has 0 N–H and O–H groups in total. The van der Waals surface area contributed by atoms with E-state index < -0.39 is 0 Å². The van der Waals surface area contributed by atoms with Crippen molar-refractivity contribution in [2.75, 3.05) is 0 Å². The van der Waals surface area contributed by atoms with Crippen LogP contribution in [0.25, 0.3) is 0 Å². The summed E-state index contributed by atoms with van der Waals surface area (Å²) in [6, 6.07) is 6.73. The lowest BCUT2D eigenvalue weighted by Gasteiger charge is -2.12. The third kappa shape index (κ3) is 3.97. The first kappa shape index (κ1) is 15.8. The minimum absolute atomic E-state index is 0.218. The van der Waals surface area contributed by atoms with Crippen LogP contribution in [0.15, 0.2) is 30.5 Å². The molecule has 2 aromatic rings. The lowest BCUT2D eigenvalue weighted by atomic mass is 10.2. The van der Waals surface area contributed by atoms with Crippen molar-refractivity contribution in [1.82, 2.24) is 9.78 Å². The van der Waals surface area contributed by atoms with E-state index in [0.717, 1.165) is 18.5 Å². The highest BCUT2D eigenvalue weighted by atomic mass is 35.5. The standard InChI is InChI=1S/C16H20ClFN2O/c1-3-15(4-2)20-8-7-14(19-20)11-21-16-6-5-13(18)9-12(16)10-17/h5-9,15H,3-4,10-11H2,1-2H3. The molecule has 1 aromatic heterocycles. The summed E-state index contributed by atoms with van der Waals surface area (Å²) >= 11 is 5.80. The van der Waals surface area contributed by atoms with Gasteiger partial charge in [0.2, 0.25) is 0 Å². The van der Waals surface area contributed by atoms with E-state index in [4.69, 9.17) is 16.3 Å². The number of hydrogen-bond donors (Lipinski definition) is 0.